The van der Waals surface area contributed by atoms with E-state index in [1.54, 1.807) is 0 Å². The van der Waals surface area contributed by atoms with Crippen LogP contribution in [0, 0.1) is 6.92 Å². The predicted octanol–water partition coefficient (Wildman–Crippen LogP) is 1.61. The van der Waals surface area contributed by atoms with Crippen LogP contribution in [0.25, 0.3) is 0 Å². The second kappa shape index (κ2) is 4.65. The summed E-state index contributed by atoms with van der Waals surface area (Å²) >= 11 is 0. The number of nitrogens with one attached hydrogen (secondary N) is 1. The highest BCUT2D eigenvalue weighted by Crippen LogP contribution is 2.17. The Hall–Kier alpha value is -2.04. The van der Waals surface area contributed by atoms with Crippen molar-refractivity contribution in [2.75, 3.05) is 17.6 Å². The maximum absolute atomic E-state index is 5.71. The zero-order valence-corrected chi connectivity index (χ0v) is 9.10. The van der Waals surface area contributed by atoms with Crippen LogP contribution >= 0.6 is 0 Å². The molecule has 0 saturated heterocycles. The molecule has 16 heavy (non-hydrogen) atoms. The first-order valence-electron chi connectivity index (χ1n) is 5.11. The molecule has 3 N–H and O–H groups in total. The van der Waals surface area contributed by atoms with Crippen molar-refractivity contribution in [1.82, 2.24) is 10.1 Å². The Labute approximate surface area is 93.7 Å². The van der Waals surface area contributed by atoms with E-state index in [1.807, 2.05) is 25.1 Å². The molecular weight excluding hydrogens is 204 g/mol. The van der Waals surface area contributed by atoms with Crippen molar-refractivity contribution in [3.63, 3.8) is 0 Å². The summed E-state index contributed by atoms with van der Waals surface area (Å²) in [5, 5.41) is 7.03. The van der Waals surface area contributed by atoms with Crippen molar-refractivity contribution in [2.24, 2.45) is 0 Å². The molecule has 0 unspecified atom stereocenters. The number of benzene rings is 1. The summed E-state index contributed by atoms with van der Waals surface area (Å²) in [6.07, 6.45) is 2.06. The molecule has 0 radical (unpaired) electrons. The first-order valence-corrected chi connectivity index (χ1v) is 5.11. The monoisotopic (exact) mass is 218 g/mol. The molecule has 2 aromatic rings. The first-order chi connectivity index (χ1) is 7.75. The third kappa shape index (κ3) is 2.50. The zero-order valence-electron chi connectivity index (χ0n) is 9.10. The molecule has 0 bridgehead atoms. The van der Waals surface area contributed by atoms with Gasteiger partial charge in [-0.15, -0.1) is 0 Å². The number of aryl methyl sites for hydroxylation is 1. The molecule has 0 amide bonds. The van der Waals surface area contributed by atoms with Crippen LogP contribution in [-0.4, -0.2) is 16.7 Å². The highest BCUT2D eigenvalue weighted by molar-refractivity contribution is 5.59. The van der Waals surface area contributed by atoms with Gasteiger partial charge in [-0.3, -0.25) is 0 Å². The minimum atomic E-state index is 0.703. The van der Waals surface area contributed by atoms with Gasteiger partial charge in [0.05, 0.1) is 0 Å². The fraction of sp³-hybridized carbons (Fsp3) is 0.273. The Kier molecular flexibility index (Phi) is 3.05. The van der Waals surface area contributed by atoms with Gasteiger partial charge >= 0.3 is 0 Å². The molecule has 0 spiro atoms. The Balaban J connectivity index is 1.92. The number of nitrogens with two attached hydrogens (primary N) is 1. The number of nitrogen functional groups attached to an aromatic ring is 1. The Morgan fingerprint density at radius 1 is 1.44 bits per heavy atom. The molecule has 5 heteroatoms. The van der Waals surface area contributed by atoms with Crippen LogP contribution in [0.2, 0.25) is 0 Å². The van der Waals surface area contributed by atoms with Gasteiger partial charge in [-0.25, -0.2) is 0 Å². The van der Waals surface area contributed by atoms with E-state index >= 15 is 0 Å². The van der Waals surface area contributed by atoms with Gasteiger partial charge in [0.1, 0.15) is 0 Å². The van der Waals surface area contributed by atoms with E-state index in [1.165, 1.54) is 12.0 Å². The van der Waals surface area contributed by atoms with E-state index in [0.717, 1.165) is 24.3 Å². The van der Waals surface area contributed by atoms with E-state index in [-0.39, 0.29) is 0 Å². The molecule has 1 aromatic heterocycles. The fourth-order valence-electron chi connectivity index (χ4n) is 1.44. The summed E-state index contributed by atoms with van der Waals surface area (Å²) in [6, 6.07) is 5.80. The average Bonchev–Trinajstić information content (AvgIpc) is 2.76. The molecule has 84 valence electrons. The zero-order chi connectivity index (χ0) is 11.4. The molecule has 1 aromatic carbocycles. The summed E-state index contributed by atoms with van der Waals surface area (Å²) in [5.74, 6) is 0.703. The summed E-state index contributed by atoms with van der Waals surface area (Å²) in [6.45, 7) is 2.79. The van der Waals surface area contributed by atoms with Gasteiger partial charge in [-0.2, -0.15) is 4.98 Å². The van der Waals surface area contributed by atoms with Crippen molar-refractivity contribution < 1.29 is 4.52 Å². The van der Waals surface area contributed by atoms with Crippen LogP contribution in [0.4, 0.5) is 11.4 Å². The van der Waals surface area contributed by atoms with Crippen molar-refractivity contribution in [2.45, 2.75) is 13.3 Å². The van der Waals surface area contributed by atoms with Gasteiger partial charge in [0, 0.05) is 24.3 Å². The van der Waals surface area contributed by atoms with Crippen LogP contribution < -0.4 is 11.1 Å². The number of aromatic nitrogens is 2. The largest absolute Gasteiger partial charge is 0.399 e. The molecule has 0 fully saturated rings. The molecule has 0 aliphatic carbocycles. The van der Waals surface area contributed by atoms with E-state index in [2.05, 4.69) is 20.0 Å². The number of nitrogens with zero attached hydrogens (tertiary/aromatic N) is 2. The lowest BCUT2D eigenvalue weighted by atomic mass is 10.2. The second-order valence-corrected chi connectivity index (χ2v) is 3.60. The van der Waals surface area contributed by atoms with Crippen LogP contribution in [0.1, 0.15) is 11.4 Å². The number of hydrogen-bond donors (Lipinski definition) is 2. The lowest BCUT2D eigenvalue weighted by molar-refractivity contribution is 0.410. The smallest absolute Gasteiger partial charge is 0.213 e. The normalized spacial score (nSPS) is 10.3. The SMILES string of the molecule is Cc1ccc(N)cc1NCCc1ncon1. The Morgan fingerprint density at radius 2 is 2.31 bits per heavy atom. The number of anilines is 2. The van der Waals surface area contributed by atoms with Gasteiger partial charge in [0.25, 0.3) is 0 Å². The molecule has 0 aliphatic heterocycles. The molecule has 2 rings (SSSR count). The predicted molar refractivity (Wildman–Crippen MR) is 62.1 cm³/mol. The fourth-order valence-corrected chi connectivity index (χ4v) is 1.44. The van der Waals surface area contributed by atoms with Crippen molar-refractivity contribution in [1.29, 1.82) is 0 Å². The molecule has 5 nitrogen and oxygen atoms in total. The Bertz CT molecular complexity index is 453. The minimum absolute atomic E-state index is 0.703. The second-order valence-electron chi connectivity index (χ2n) is 3.60. The van der Waals surface area contributed by atoms with Crippen LogP contribution in [0.15, 0.2) is 29.1 Å². The summed E-state index contributed by atoms with van der Waals surface area (Å²) in [4.78, 5) is 3.94. The van der Waals surface area contributed by atoms with Crippen LogP contribution in [-0.2, 0) is 6.42 Å². The van der Waals surface area contributed by atoms with Crippen molar-refractivity contribution >= 4 is 11.4 Å². The molecule has 1 heterocycles. The van der Waals surface area contributed by atoms with Gasteiger partial charge in [-0.05, 0) is 24.6 Å². The highest BCUT2D eigenvalue weighted by Gasteiger charge is 2.00. The van der Waals surface area contributed by atoms with Gasteiger partial charge in [0.15, 0.2) is 5.82 Å². The van der Waals surface area contributed by atoms with Crippen LogP contribution in [0.3, 0.4) is 0 Å². The topological polar surface area (TPSA) is 77.0 Å². The van der Waals surface area contributed by atoms with Crippen molar-refractivity contribution in [3.05, 3.63) is 36.0 Å². The van der Waals surface area contributed by atoms with Gasteiger partial charge in [0.2, 0.25) is 6.39 Å². The lowest BCUT2D eigenvalue weighted by Crippen LogP contribution is -2.07. The molecule has 0 aliphatic rings. The van der Waals surface area contributed by atoms with Gasteiger partial charge < -0.3 is 15.6 Å². The third-order valence-electron chi connectivity index (χ3n) is 2.33. The average molecular weight is 218 g/mol. The van der Waals surface area contributed by atoms with Gasteiger partial charge in [-0.1, -0.05) is 11.2 Å². The molecule has 0 atom stereocenters. The van der Waals surface area contributed by atoms with E-state index in [0.29, 0.717) is 5.82 Å². The maximum Gasteiger partial charge on any atom is 0.213 e. The van der Waals surface area contributed by atoms with E-state index < -0.39 is 0 Å². The summed E-state index contributed by atoms with van der Waals surface area (Å²) < 4.78 is 4.65. The maximum atomic E-state index is 5.71. The number of rotatable bonds is 4. The minimum Gasteiger partial charge on any atom is -0.399 e. The highest BCUT2D eigenvalue weighted by atomic mass is 16.5. The number of hydrogen-bond acceptors (Lipinski definition) is 5. The quantitative estimate of drug-likeness (QED) is 0.762. The third-order valence-corrected chi connectivity index (χ3v) is 2.33. The summed E-state index contributed by atoms with van der Waals surface area (Å²) in [5.41, 5.74) is 8.68. The van der Waals surface area contributed by atoms with Crippen LogP contribution in [0.5, 0.6) is 0 Å². The Morgan fingerprint density at radius 3 is 3.06 bits per heavy atom. The molecule has 0 saturated carbocycles. The van der Waals surface area contributed by atoms with E-state index in [9.17, 15) is 0 Å². The standard InChI is InChI=1S/C11H14N4O/c1-8-2-3-9(12)6-10(8)13-5-4-11-14-7-16-15-11/h2-3,6-7,13H,4-5,12H2,1H3. The first kappa shape index (κ1) is 10.5. The van der Waals surface area contributed by atoms with E-state index in [4.69, 9.17) is 5.73 Å². The summed E-state index contributed by atoms with van der Waals surface area (Å²) in [7, 11) is 0. The van der Waals surface area contributed by atoms with Crippen molar-refractivity contribution in [3.8, 4) is 0 Å². The lowest BCUT2D eigenvalue weighted by Gasteiger charge is -2.08. The molecular formula is C11H14N4O.